The van der Waals surface area contributed by atoms with Crippen LogP contribution in [-0.4, -0.2) is 27.4 Å². The van der Waals surface area contributed by atoms with Gasteiger partial charge in [0, 0.05) is 23.6 Å². The van der Waals surface area contributed by atoms with Gasteiger partial charge in [0.15, 0.2) is 5.76 Å². The number of hydrogen-bond donors (Lipinski definition) is 3. The highest BCUT2D eigenvalue weighted by molar-refractivity contribution is 5.93. The lowest BCUT2D eigenvalue weighted by Gasteiger charge is -2.06. The van der Waals surface area contributed by atoms with Crippen LogP contribution in [0.15, 0.2) is 59.3 Å². The van der Waals surface area contributed by atoms with Crippen molar-refractivity contribution in [2.45, 2.75) is 6.42 Å². The molecule has 4 aromatic rings. The number of amides is 1. The van der Waals surface area contributed by atoms with E-state index in [-0.39, 0.29) is 17.5 Å². The molecule has 0 aliphatic heterocycles. The Morgan fingerprint density at radius 3 is 2.92 bits per heavy atom. The summed E-state index contributed by atoms with van der Waals surface area (Å²) in [7, 11) is 0. The second-order valence-electron chi connectivity index (χ2n) is 5.84. The van der Waals surface area contributed by atoms with E-state index in [1.165, 1.54) is 6.26 Å². The van der Waals surface area contributed by atoms with Crippen molar-refractivity contribution in [3.05, 3.63) is 66.2 Å². The monoisotopic (exact) mass is 347 g/mol. The van der Waals surface area contributed by atoms with Gasteiger partial charge < -0.3 is 20.5 Å². The zero-order chi connectivity index (χ0) is 17.9. The van der Waals surface area contributed by atoms with Gasteiger partial charge in [-0.3, -0.25) is 4.79 Å². The van der Waals surface area contributed by atoms with Crippen LogP contribution in [0.1, 0.15) is 16.1 Å². The number of nitrogen functional groups attached to an aromatic ring is 1. The van der Waals surface area contributed by atoms with Crippen LogP contribution < -0.4 is 11.1 Å². The van der Waals surface area contributed by atoms with E-state index in [2.05, 4.69) is 26.3 Å². The van der Waals surface area contributed by atoms with E-state index in [0.29, 0.717) is 24.4 Å². The standard InChI is InChI=1S/C19H17N5O2/c20-19-23-15(17-6-3-9-26-17)10-16(24-19)18(25)21-8-7-12-11-22-14-5-2-1-4-13(12)14/h1-6,9-11,22H,7-8H2,(H,21,25)(H2,20,23,24). The number of carbonyl (C=O) groups excluding carboxylic acids is 1. The topological polar surface area (TPSA) is 110 Å². The molecule has 0 aliphatic rings. The van der Waals surface area contributed by atoms with Crippen LogP contribution in [0, 0.1) is 0 Å². The molecule has 130 valence electrons. The minimum Gasteiger partial charge on any atom is -0.463 e. The lowest BCUT2D eigenvalue weighted by Crippen LogP contribution is -2.27. The molecule has 1 aromatic carbocycles. The highest BCUT2D eigenvalue weighted by atomic mass is 16.3. The van der Waals surface area contributed by atoms with Gasteiger partial charge in [0.25, 0.3) is 5.91 Å². The molecule has 26 heavy (non-hydrogen) atoms. The third-order valence-electron chi connectivity index (χ3n) is 4.10. The molecule has 0 saturated carbocycles. The number of benzene rings is 1. The van der Waals surface area contributed by atoms with E-state index >= 15 is 0 Å². The summed E-state index contributed by atoms with van der Waals surface area (Å²) in [4.78, 5) is 23.8. The summed E-state index contributed by atoms with van der Waals surface area (Å²) in [6, 6.07) is 13.1. The summed E-state index contributed by atoms with van der Waals surface area (Å²) in [6.45, 7) is 0.487. The van der Waals surface area contributed by atoms with E-state index in [1.807, 2.05) is 24.4 Å². The van der Waals surface area contributed by atoms with Crippen molar-refractivity contribution in [2.75, 3.05) is 12.3 Å². The Balaban J connectivity index is 1.45. The maximum Gasteiger partial charge on any atom is 0.270 e. The summed E-state index contributed by atoms with van der Waals surface area (Å²) < 4.78 is 5.30. The molecule has 0 radical (unpaired) electrons. The summed E-state index contributed by atoms with van der Waals surface area (Å²) >= 11 is 0. The summed E-state index contributed by atoms with van der Waals surface area (Å²) in [5, 5.41) is 4.03. The number of H-pyrrole nitrogens is 1. The van der Waals surface area contributed by atoms with Crippen LogP contribution in [0.2, 0.25) is 0 Å². The molecule has 3 aromatic heterocycles. The Kier molecular flexibility index (Phi) is 4.10. The number of hydrogen-bond acceptors (Lipinski definition) is 5. The maximum absolute atomic E-state index is 12.4. The van der Waals surface area contributed by atoms with Crippen LogP contribution in [0.5, 0.6) is 0 Å². The van der Waals surface area contributed by atoms with Gasteiger partial charge >= 0.3 is 0 Å². The predicted molar refractivity (Wildman–Crippen MR) is 98.5 cm³/mol. The number of aromatic nitrogens is 3. The molecule has 1 amide bonds. The van der Waals surface area contributed by atoms with Crippen molar-refractivity contribution in [1.29, 1.82) is 0 Å². The van der Waals surface area contributed by atoms with Crippen molar-refractivity contribution in [3.63, 3.8) is 0 Å². The molecule has 7 nitrogen and oxygen atoms in total. The van der Waals surface area contributed by atoms with E-state index in [1.54, 1.807) is 18.2 Å². The largest absolute Gasteiger partial charge is 0.463 e. The van der Waals surface area contributed by atoms with Crippen LogP contribution >= 0.6 is 0 Å². The van der Waals surface area contributed by atoms with Gasteiger partial charge in [0.2, 0.25) is 5.95 Å². The number of nitrogens with two attached hydrogens (primary N) is 1. The van der Waals surface area contributed by atoms with Crippen LogP contribution in [-0.2, 0) is 6.42 Å². The Morgan fingerprint density at radius 2 is 2.08 bits per heavy atom. The van der Waals surface area contributed by atoms with Crippen LogP contribution in [0.3, 0.4) is 0 Å². The first-order chi connectivity index (χ1) is 12.7. The number of rotatable bonds is 5. The number of nitrogens with zero attached hydrogens (tertiary/aromatic N) is 2. The minimum atomic E-state index is -0.299. The first-order valence-corrected chi connectivity index (χ1v) is 8.22. The first kappa shape index (κ1) is 15.9. The first-order valence-electron chi connectivity index (χ1n) is 8.22. The molecule has 0 bridgehead atoms. The Morgan fingerprint density at radius 1 is 1.19 bits per heavy atom. The lowest BCUT2D eigenvalue weighted by molar-refractivity contribution is 0.0949. The fourth-order valence-electron chi connectivity index (χ4n) is 2.87. The molecule has 0 atom stereocenters. The van der Waals surface area contributed by atoms with Gasteiger partial charge in [-0.15, -0.1) is 0 Å². The van der Waals surface area contributed by atoms with Gasteiger partial charge in [-0.1, -0.05) is 18.2 Å². The van der Waals surface area contributed by atoms with Crippen molar-refractivity contribution >= 4 is 22.8 Å². The lowest BCUT2D eigenvalue weighted by atomic mass is 10.1. The van der Waals surface area contributed by atoms with Crippen molar-refractivity contribution in [3.8, 4) is 11.5 Å². The smallest absolute Gasteiger partial charge is 0.270 e. The second kappa shape index (κ2) is 6.72. The zero-order valence-electron chi connectivity index (χ0n) is 13.9. The number of anilines is 1. The normalized spacial score (nSPS) is 10.9. The predicted octanol–water partition coefficient (Wildman–Crippen LogP) is 2.77. The zero-order valence-corrected chi connectivity index (χ0v) is 13.9. The molecule has 7 heteroatoms. The molecule has 4 rings (SSSR count). The number of carbonyl (C=O) groups is 1. The van der Waals surface area contributed by atoms with E-state index in [9.17, 15) is 4.79 Å². The molecule has 0 fully saturated rings. The van der Waals surface area contributed by atoms with Crippen molar-refractivity contribution < 1.29 is 9.21 Å². The molecule has 3 heterocycles. The van der Waals surface area contributed by atoms with Gasteiger partial charge in [-0.05, 0) is 36.2 Å². The SMILES string of the molecule is Nc1nc(C(=O)NCCc2c[nH]c3ccccc23)cc(-c2ccco2)n1. The molecule has 4 N–H and O–H groups in total. The van der Waals surface area contributed by atoms with Crippen LogP contribution in [0.25, 0.3) is 22.4 Å². The number of fused-ring (bicyclic) bond motifs is 1. The molecular formula is C19H17N5O2. The quantitative estimate of drug-likeness (QED) is 0.514. The van der Waals surface area contributed by atoms with Crippen LogP contribution in [0.4, 0.5) is 5.95 Å². The summed E-state index contributed by atoms with van der Waals surface area (Å²) in [5.74, 6) is 0.263. The second-order valence-corrected chi connectivity index (χ2v) is 5.84. The minimum absolute atomic E-state index is 0.0284. The fraction of sp³-hybridized carbons (Fsp3) is 0.105. The average molecular weight is 347 g/mol. The molecule has 0 saturated heterocycles. The van der Waals surface area contributed by atoms with Gasteiger partial charge in [-0.25, -0.2) is 9.97 Å². The van der Waals surface area contributed by atoms with Gasteiger partial charge in [0.05, 0.1) is 6.26 Å². The van der Waals surface area contributed by atoms with Crippen molar-refractivity contribution in [2.24, 2.45) is 0 Å². The number of furan rings is 1. The Hall–Kier alpha value is -3.61. The highest BCUT2D eigenvalue weighted by Gasteiger charge is 2.13. The summed E-state index contributed by atoms with van der Waals surface area (Å²) in [5.41, 5.74) is 8.65. The number of para-hydroxylation sites is 1. The third kappa shape index (κ3) is 3.14. The molecule has 0 unspecified atom stereocenters. The maximum atomic E-state index is 12.4. The van der Waals surface area contributed by atoms with Gasteiger partial charge in [-0.2, -0.15) is 0 Å². The fourth-order valence-corrected chi connectivity index (χ4v) is 2.87. The van der Waals surface area contributed by atoms with Crippen molar-refractivity contribution in [1.82, 2.24) is 20.3 Å². The van der Waals surface area contributed by atoms with E-state index < -0.39 is 0 Å². The summed E-state index contributed by atoms with van der Waals surface area (Å²) in [6.07, 6.45) is 4.21. The Bertz CT molecular complexity index is 1050. The Labute approximate surface area is 149 Å². The number of nitrogens with one attached hydrogen (secondary N) is 2. The van der Waals surface area contributed by atoms with E-state index in [4.69, 9.17) is 10.2 Å². The molecule has 0 aliphatic carbocycles. The van der Waals surface area contributed by atoms with E-state index in [0.717, 1.165) is 16.5 Å². The third-order valence-corrected chi connectivity index (χ3v) is 4.10. The molecule has 0 spiro atoms. The molecular weight excluding hydrogens is 330 g/mol. The average Bonchev–Trinajstić information content (AvgIpc) is 3.31. The highest BCUT2D eigenvalue weighted by Crippen LogP contribution is 2.19. The van der Waals surface area contributed by atoms with Gasteiger partial charge in [0.1, 0.15) is 11.4 Å². The number of aromatic amines is 1.